The van der Waals surface area contributed by atoms with Gasteiger partial charge in [0.2, 0.25) is 5.75 Å². The molecule has 0 unspecified atom stereocenters. The normalized spacial score (nSPS) is 11.5. The third-order valence-electron chi connectivity index (χ3n) is 7.23. The van der Waals surface area contributed by atoms with Crippen molar-refractivity contribution in [2.24, 2.45) is 0 Å². The second kappa shape index (κ2) is 12.6. The Morgan fingerprint density at radius 1 is 0.929 bits per heavy atom. The molecule has 0 radical (unpaired) electrons. The predicted octanol–water partition coefficient (Wildman–Crippen LogP) is 5.30. The molecule has 42 heavy (non-hydrogen) atoms. The third-order valence-corrected chi connectivity index (χ3v) is 7.23. The molecule has 3 N–H and O–H groups in total. The van der Waals surface area contributed by atoms with Crippen LogP contribution in [0.2, 0.25) is 0 Å². The van der Waals surface area contributed by atoms with Crippen molar-refractivity contribution in [3.05, 3.63) is 95.4 Å². The standard InChI is InChI=1S/C33H34N4O5/c1-5-37-20-23(25-11-7-9-13-28(25)37)16-27(33(39)34-15-14-21-19-35-26-12-8-6-10-24(21)26)36-32(38)22-17-29(40-2)31(42-4)30(18-22)41-3/h6-13,16-20,35H,5,14-15H2,1-4H3,(H,34,39)(H,36,38)/b27-16-. The van der Waals surface area contributed by atoms with Gasteiger partial charge in [-0.25, -0.2) is 0 Å². The molecule has 0 aliphatic carbocycles. The first-order valence-corrected chi connectivity index (χ1v) is 13.7. The van der Waals surface area contributed by atoms with Crippen LogP contribution in [0.1, 0.15) is 28.4 Å². The summed E-state index contributed by atoms with van der Waals surface area (Å²) >= 11 is 0. The third kappa shape index (κ3) is 5.67. The molecule has 0 saturated carbocycles. The average molecular weight is 567 g/mol. The Morgan fingerprint density at radius 3 is 2.31 bits per heavy atom. The fourth-order valence-corrected chi connectivity index (χ4v) is 5.12. The molecule has 0 saturated heterocycles. The quantitative estimate of drug-likeness (QED) is 0.188. The molecule has 9 nitrogen and oxygen atoms in total. The van der Waals surface area contributed by atoms with Crippen molar-refractivity contribution in [1.82, 2.24) is 20.2 Å². The summed E-state index contributed by atoms with van der Waals surface area (Å²) in [4.78, 5) is 30.4. The van der Waals surface area contributed by atoms with Crippen LogP contribution in [0.25, 0.3) is 27.9 Å². The van der Waals surface area contributed by atoms with Gasteiger partial charge in [0.15, 0.2) is 11.5 Å². The molecule has 5 rings (SSSR count). The van der Waals surface area contributed by atoms with Crippen LogP contribution in [-0.4, -0.2) is 49.2 Å². The van der Waals surface area contributed by atoms with Gasteiger partial charge in [-0.15, -0.1) is 0 Å². The van der Waals surface area contributed by atoms with Gasteiger partial charge >= 0.3 is 0 Å². The van der Waals surface area contributed by atoms with Crippen molar-refractivity contribution in [2.75, 3.05) is 27.9 Å². The van der Waals surface area contributed by atoms with Crippen LogP contribution in [0.4, 0.5) is 0 Å². The van der Waals surface area contributed by atoms with Crippen molar-refractivity contribution in [2.45, 2.75) is 19.9 Å². The molecule has 3 aromatic carbocycles. The Labute approximate surface area is 244 Å². The monoisotopic (exact) mass is 566 g/mol. The van der Waals surface area contributed by atoms with E-state index in [4.69, 9.17) is 14.2 Å². The van der Waals surface area contributed by atoms with E-state index >= 15 is 0 Å². The Hall–Kier alpha value is -5.18. The molecule has 0 atom stereocenters. The summed E-state index contributed by atoms with van der Waals surface area (Å²) in [6.07, 6.45) is 6.28. The number of fused-ring (bicyclic) bond motifs is 2. The van der Waals surface area contributed by atoms with Gasteiger partial charge in [-0.2, -0.15) is 0 Å². The van der Waals surface area contributed by atoms with E-state index in [-0.39, 0.29) is 11.3 Å². The topological polar surface area (TPSA) is 107 Å². The van der Waals surface area contributed by atoms with E-state index < -0.39 is 11.8 Å². The minimum atomic E-state index is -0.494. The van der Waals surface area contributed by atoms with Crippen LogP contribution in [0.3, 0.4) is 0 Å². The highest BCUT2D eigenvalue weighted by molar-refractivity contribution is 6.07. The lowest BCUT2D eigenvalue weighted by atomic mass is 10.1. The van der Waals surface area contributed by atoms with Crippen LogP contribution in [0.5, 0.6) is 17.2 Å². The van der Waals surface area contributed by atoms with Gasteiger partial charge in [0, 0.05) is 58.4 Å². The van der Waals surface area contributed by atoms with Crippen molar-refractivity contribution in [3.8, 4) is 17.2 Å². The molecule has 5 aromatic rings. The zero-order valence-corrected chi connectivity index (χ0v) is 24.1. The highest BCUT2D eigenvalue weighted by Gasteiger charge is 2.20. The molecule has 2 heterocycles. The Morgan fingerprint density at radius 2 is 1.62 bits per heavy atom. The number of carbonyl (C=O) groups excluding carboxylic acids is 2. The molecule has 0 bridgehead atoms. The number of aromatic amines is 1. The lowest BCUT2D eigenvalue weighted by molar-refractivity contribution is -0.117. The van der Waals surface area contributed by atoms with E-state index in [1.165, 1.54) is 21.3 Å². The Bertz CT molecular complexity index is 1760. The summed E-state index contributed by atoms with van der Waals surface area (Å²) in [7, 11) is 4.46. The minimum Gasteiger partial charge on any atom is -0.493 e. The van der Waals surface area contributed by atoms with Crippen LogP contribution in [0, 0.1) is 0 Å². The van der Waals surface area contributed by atoms with E-state index in [1.54, 1.807) is 18.2 Å². The summed E-state index contributed by atoms with van der Waals surface area (Å²) in [5, 5.41) is 7.91. The summed E-state index contributed by atoms with van der Waals surface area (Å²) in [6, 6.07) is 19.1. The maximum absolute atomic E-state index is 13.6. The Balaban J connectivity index is 1.45. The second-order valence-electron chi connectivity index (χ2n) is 9.68. The molecular formula is C33H34N4O5. The highest BCUT2D eigenvalue weighted by Crippen LogP contribution is 2.38. The van der Waals surface area contributed by atoms with Crippen molar-refractivity contribution >= 4 is 39.7 Å². The van der Waals surface area contributed by atoms with Crippen LogP contribution in [0.15, 0.2) is 78.8 Å². The van der Waals surface area contributed by atoms with E-state index in [2.05, 4.69) is 33.2 Å². The zero-order chi connectivity index (χ0) is 29.6. The molecule has 2 aromatic heterocycles. The van der Waals surface area contributed by atoms with Gasteiger partial charge in [0.1, 0.15) is 5.70 Å². The summed E-state index contributed by atoms with van der Waals surface area (Å²) in [6.45, 7) is 3.21. The first-order chi connectivity index (χ1) is 20.5. The molecule has 0 aliphatic rings. The fraction of sp³-hybridized carbons (Fsp3) is 0.212. The number of rotatable bonds is 11. The van der Waals surface area contributed by atoms with Gasteiger partial charge in [-0.3, -0.25) is 9.59 Å². The van der Waals surface area contributed by atoms with Crippen molar-refractivity contribution < 1.29 is 23.8 Å². The number of amides is 2. The lowest BCUT2D eigenvalue weighted by Gasteiger charge is -2.15. The molecule has 216 valence electrons. The maximum atomic E-state index is 13.6. The van der Waals surface area contributed by atoms with Gasteiger partial charge in [0.05, 0.1) is 21.3 Å². The maximum Gasteiger partial charge on any atom is 0.267 e. The number of para-hydroxylation sites is 2. The van der Waals surface area contributed by atoms with E-state index in [9.17, 15) is 9.59 Å². The molecule has 0 spiro atoms. The van der Waals surface area contributed by atoms with Crippen LogP contribution >= 0.6 is 0 Å². The first kappa shape index (κ1) is 28.4. The van der Waals surface area contributed by atoms with Crippen molar-refractivity contribution in [1.29, 1.82) is 0 Å². The lowest BCUT2D eigenvalue weighted by Crippen LogP contribution is -2.35. The number of aryl methyl sites for hydroxylation is 1. The van der Waals surface area contributed by atoms with Gasteiger partial charge in [-0.1, -0.05) is 36.4 Å². The fourth-order valence-electron chi connectivity index (χ4n) is 5.12. The zero-order valence-electron chi connectivity index (χ0n) is 24.1. The molecule has 2 amide bonds. The number of benzene rings is 3. The predicted molar refractivity (Wildman–Crippen MR) is 164 cm³/mol. The molecular weight excluding hydrogens is 532 g/mol. The largest absolute Gasteiger partial charge is 0.493 e. The summed E-state index contributed by atoms with van der Waals surface area (Å²) < 4.78 is 18.3. The van der Waals surface area contributed by atoms with Gasteiger partial charge < -0.3 is 34.4 Å². The van der Waals surface area contributed by atoms with E-state index in [1.807, 2.05) is 54.9 Å². The van der Waals surface area contributed by atoms with E-state index in [0.717, 1.165) is 39.5 Å². The SMILES string of the molecule is CCn1cc(/C=C(\NC(=O)c2cc(OC)c(OC)c(OC)c2)C(=O)NCCc2c[nH]c3ccccc23)c2ccccc21. The smallest absolute Gasteiger partial charge is 0.267 e. The van der Waals surface area contributed by atoms with Gasteiger partial charge in [0.25, 0.3) is 11.8 Å². The highest BCUT2D eigenvalue weighted by atomic mass is 16.5. The molecule has 0 fully saturated rings. The Kier molecular flexibility index (Phi) is 8.47. The first-order valence-electron chi connectivity index (χ1n) is 13.7. The van der Waals surface area contributed by atoms with Gasteiger partial charge in [-0.05, 0) is 49.2 Å². The van der Waals surface area contributed by atoms with E-state index in [0.29, 0.717) is 30.2 Å². The number of H-pyrrole nitrogens is 1. The number of carbonyl (C=O) groups is 2. The number of nitrogens with zero attached hydrogens (tertiary/aromatic N) is 1. The number of methoxy groups -OCH3 is 3. The summed E-state index contributed by atoms with van der Waals surface area (Å²) in [5.74, 6) is 0.147. The molecule has 0 aliphatic heterocycles. The van der Waals surface area contributed by atoms with Crippen LogP contribution < -0.4 is 24.8 Å². The second-order valence-corrected chi connectivity index (χ2v) is 9.68. The van der Waals surface area contributed by atoms with Crippen molar-refractivity contribution in [3.63, 3.8) is 0 Å². The average Bonchev–Trinajstić information content (AvgIpc) is 3.60. The number of ether oxygens (including phenoxy) is 3. The minimum absolute atomic E-state index is 0.117. The van der Waals surface area contributed by atoms with Crippen LogP contribution in [-0.2, 0) is 17.8 Å². The number of hydrogen-bond donors (Lipinski definition) is 3. The number of hydrogen-bond acceptors (Lipinski definition) is 5. The number of nitrogens with one attached hydrogen (secondary N) is 3. The molecule has 9 heteroatoms. The number of aromatic nitrogens is 2. The summed E-state index contributed by atoms with van der Waals surface area (Å²) in [5.41, 5.74) is 4.37.